The van der Waals surface area contributed by atoms with E-state index in [0.717, 1.165) is 17.1 Å². The lowest BCUT2D eigenvalue weighted by molar-refractivity contribution is -0.141. The summed E-state index contributed by atoms with van der Waals surface area (Å²) in [4.78, 5) is 37.3. The topological polar surface area (TPSA) is 113 Å². The Hall–Kier alpha value is -4.40. The highest BCUT2D eigenvalue weighted by molar-refractivity contribution is 5.99. The molecule has 0 spiro atoms. The Labute approximate surface area is 206 Å². The number of fused-ring (bicyclic) bond motifs is 2. The van der Waals surface area contributed by atoms with Gasteiger partial charge in [-0.2, -0.15) is 5.10 Å². The van der Waals surface area contributed by atoms with Crippen LogP contribution in [0.3, 0.4) is 0 Å². The van der Waals surface area contributed by atoms with Crippen LogP contribution >= 0.6 is 0 Å². The maximum absolute atomic E-state index is 12.9. The van der Waals surface area contributed by atoms with Crippen LogP contribution in [0.2, 0.25) is 0 Å². The minimum absolute atomic E-state index is 0.163. The summed E-state index contributed by atoms with van der Waals surface area (Å²) in [6.07, 6.45) is -0.366. The van der Waals surface area contributed by atoms with E-state index >= 15 is 0 Å². The first-order chi connectivity index (χ1) is 17.4. The number of nitrogens with zero attached hydrogens (tertiary/aromatic N) is 2. The Morgan fingerprint density at radius 1 is 1.08 bits per heavy atom. The average molecular weight is 488 g/mol. The van der Waals surface area contributed by atoms with E-state index in [1.807, 2.05) is 42.7 Å². The van der Waals surface area contributed by atoms with Crippen molar-refractivity contribution < 1.29 is 23.8 Å². The van der Waals surface area contributed by atoms with Crippen LogP contribution in [0.15, 0.2) is 59.4 Å². The van der Waals surface area contributed by atoms with Gasteiger partial charge in [0.1, 0.15) is 6.61 Å². The zero-order valence-corrected chi connectivity index (χ0v) is 19.9. The fraction of sp³-hybridized carbons (Fsp3) is 0.259. The maximum Gasteiger partial charge on any atom is 0.312 e. The fourth-order valence-corrected chi connectivity index (χ4v) is 4.44. The third kappa shape index (κ3) is 4.59. The first kappa shape index (κ1) is 23.3. The van der Waals surface area contributed by atoms with Gasteiger partial charge in [-0.15, -0.1) is 0 Å². The van der Waals surface area contributed by atoms with E-state index in [4.69, 9.17) is 14.2 Å². The third-order valence-corrected chi connectivity index (χ3v) is 6.28. The Kier molecular flexibility index (Phi) is 6.28. The number of aromatic amines is 1. The number of aromatic nitrogens is 3. The van der Waals surface area contributed by atoms with Gasteiger partial charge in [0.25, 0.3) is 5.56 Å². The molecule has 36 heavy (non-hydrogen) atoms. The van der Waals surface area contributed by atoms with E-state index in [0.29, 0.717) is 40.9 Å². The predicted octanol–water partition coefficient (Wildman–Crippen LogP) is 3.15. The number of aryl methyl sites for hydroxylation is 1. The maximum atomic E-state index is 12.9. The van der Waals surface area contributed by atoms with Crippen molar-refractivity contribution in [1.29, 1.82) is 0 Å². The van der Waals surface area contributed by atoms with E-state index in [1.54, 1.807) is 30.3 Å². The molecular weight excluding hydrogens is 462 g/mol. The standard InChI is InChI=1S/C27H25N3O6/c1-16-11-21(17(2)30(16)13-18-14-34-24-9-5-6-10-25(24)36-18)23(31)15-35-26(32)12-22-19-7-3-4-8-20(19)27(33)29-28-22/h3-11,18H,12-15H2,1-2H3,(H,29,33)/t18-/m1/s1. The Bertz CT molecular complexity index is 1520. The van der Waals surface area contributed by atoms with Crippen LogP contribution in [0.25, 0.3) is 10.8 Å². The van der Waals surface area contributed by atoms with E-state index in [9.17, 15) is 14.4 Å². The molecule has 0 aliphatic carbocycles. The van der Waals surface area contributed by atoms with E-state index in [-0.39, 0.29) is 30.5 Å². The number of Topliss-reactive ketones (excluding diaryl/α,β-unsaturated/α-hetero) is 1. The first-order valence-corrected chi connectivity index (χ1v) is 11.6. The van der Waals surface area contributed by atoms with Gasteiger partial charge in [-0.25, -0.2) is 5.10 Å². The minimum Gasteiger partial charge on any atom is -0.486 e. The molecule has 5 rings (SSSR count). The second-order valence-corrected chi connectivity index (χ2v) is 8.70. The lowest BCUT2D eigenvalue weighted by atomic mass is 10.1. The van der Waals surface area contributed by atoms with Crippen LogP contribution in [0.1, 0.15) is 27.4 Å². The van der Waals surface area contributed by atoms with Crippen molar-refractivity contribution in [2.75, 3.05) is 13.2 Å². The van der Waals surface area contributed by atoms with Crippen molar-refractivity contribution >= 4 is 22.5 Å². The van der Waals surface area contributed by atoms with Gasteiger partial charge >= 0.3 is 5.97 Å². The van der Waals surface area contributed by atoms with Crippen molar-refractivity contribution in [1.82, 2.24) is 14.8 Å². The molecule has 2 aromatic carbocycles. The van der Waals surface area contributed by atoms with Gasteiger partial charge in [0.15, 0.2) is 24.2 Å². The molecule has 1 atom stereocenters. The zero-order chi connectivity index (χ0) is 25.2. The molecule has 0 amide bonds. The number of hydrogen-bond donors (Lipinski definition) is 1. The number of ether oxygens (including phenoxy) is 3. The van der Waals surface area contributed by atoms with Crippen molar-refractivity contribution in [3.63, 3.8) is 0 Å². The molecule has 0 saturated carbocycles. The quantitative estimate of drug-likeness (QED) is 0.315. The second-order valence-electron chi connectivity index (χ2n) is 8.70. The van der Waals surface area contributed by atoms with Crippen molar-refractivity contribution in [2.24, 2.45) is 0 Å². The number of hydrogen-bond acceptors (Lipinski definition) is 7. The molecule has 0 fully saturated rings. The van der Waals surface area contributed by atoms with Gasteiger partial charge in [-0.3, -0.25) is 14.4 Å². The smallest absolute Gasteiger partial charge is 0.312 e. The van der Waals surface area contributed by atoms with Crippen LogP contribution in [-0.2, 0) is 22.5 Å². The third-order valence-electron chi connectivity index (χ3n) is 6.28. The monoisotopic (exact) mass is 487 g/mol. The highest BCUT2D eigenvalue weighted by atomic mass is 16.6. The molecule has 3 heterocycles. The molecule has 0 bridgehead atoms. The minimum atomic E-state index is -0.603. The molecular formula is C27H25N3O6. The Morgan fingerprint density at radius 2 is 1.81 bits per heavy atom. The molecule has 1 aliphatic heterocycles. The number of rotatable bonds is 7. The summed E-state index contributed by atoms with van der Waals surface area (Å²) in [6.45, 7) is 4.31. The molecule has 4 aromatic rings. The molecule has 9 heteroatoms. The molecule has 1 N–H and O–H groups in total. The Balaban J connectivity index is 1.23. The SMILES string of the molecule is Cc1cc(C(=O)COC(=O)Cc2n[nH]c(=O)c3ccccc23)c(C)n1C[C@@H]1COc2ccccc2O1. The normalized spacial score (nSPS) is 14.6. The number of carbonyl (C=O) groups is 2. The van der Waals surface area contributed by atoms with Crippen molar-refractivity contribution in [3.8, 4) is 11.5 Å². The summed E-state index contributed by atoms with van der Waals surface area (Å²) < 4.78 is 19.1. The highest BCUT2D eigenvalue weighted by Crippen LogP contribution is 2.31. The number of nitrogens with one attached hydrogen (secondary N) is 1. The first-order valence-electron chi connectivity index (χ1n) is 11.6. The average Bonchev–Trinajstić information content (AvgIpc) is 3.17. The molecule has 184 valence electrons. The van der Waals surface area contributed by atoms with Crippen molar-refractivity contribution in [3.05, 3.63) is 87.6 Å². The summed E-state index contributed by atoms with van der Waals surface area (Å²) >= 11 is 0. The Morgan fingerprint density at radius 3 is 2.61 bits per heavy atom. The number of benzene rings is 2. The molecule has 1 aliphatic rings. The van der Waals surface area contributed by atoms with E-state index < -0.39 is 5.97 Å². The number of esters is 1. The van der Waals surface area contributed by atoms with Gasteiger partial charge in [0.05, 0.1) is 24.0 Å². The summed E-state index contributed by atoms with van der Waals surface area (Å²) in [6, 6.07) is 16.2. The van der Waals surface area contributed by atoms with E-state index in [1.165, 1.54) is 0 Å². The molecule has 9 nitrogen and oxygen atoms in total. The summed E-state index contributed by atoms with van der Waals surface area (Å²) in [5.41, 5.74) is 2.21. The number of ketones is 1. The summed E-state index contributed by atoms with van der Waals surface area (Å²) in [5, 5.41) is 7.39. The fourth-order valence-electron chi connectivity index (χ4n) is 4.44. The number of para-hydroxylation sites is 2. The number of H-pyrrole nitrogens is 1. The van der Waals surface area contributed by atoms with Gasteiger partial charge in [-0.05, 0) is 38.1 Å². The van der Waals surface area contributed by atoms with Crippen LogP contribution in [-0.4, -0.2) is 45.8 Å². The predicted molar refractivity (Wildman–Crippen MR) is 132 cm³/mol. The van der Waals surface area contributed by atoms with Gasteiger partial charge in [0.2, 0.25) is 5.78 Å². The molecule has 0 unspecified atom stereocenters. The largest absolute Gasteiger partial charge is 0.486 e. The summed E-state index contributed by atoms with van der Waals surface area (Å²) in [7, 11) is 0. The highest BCUT2D eigenvalue weighted by Gasteiger charge is 2.24. The molecule has 0 saturated heterocycles. The molecule has 0 radical (unpaired) electrons. The van der Waals surface area contributed by atoms with Crippen LogP contribution in [0, 0.1) is 13.8 Å². The van der Waals surface area contributed by atoms with Crippen LogP contribution in [0.4, 0.5) is 0 Å². The van der Waals surface area contributed by atoms with Gasteiger partial charge in [-0.1, -0.05) is 30.3 Å². The van der Waals surface area contributed by atoms with Crippen molar-refractivity contribution in [2.45, 2.75) is 32.9 Å². The van der Waals surface area contributed by atoms with Crippen LogP contribution in [0.5, 0.6) is 11.5 Å². The van der Waals surface area contributed by atoms with Gasteiger partial charge in [0, 0.05) is 22.3 Å². The number of carbonyl (C=O) groups excluding carboxylic acids is 2. The lowest BCUT2D eigenvalue weighted by Gasteiger charge is -2.27. The lowest BCUT2D eigenvalue weighted by Crippen LogP contribution is -2.33. The zero-order valence-electron chi connectivity index (χ0n) is 19.9. The van der Waals surface area contributed by atoms with Gasteiger partial charge < -0.3 is 18.8 Å². The summed E-state index contributed by atoms with van der Waals surface area (Å²) in [5.74, 6) is 0.517. The van der Waals surface area contributed by atoms with E-state index in [2.05, 4.69) is 10.2 Å². The molecule has 2 aromatic heterocycles. The van der Waals surface area contributed by atoms with Crippen LogP contribution < -0.4 is 15.0 Å². The second kappa shape index (κ2) is 9.69.